The Kier molecular flexibility index (Phi) is 10.2. The minimum absolute atomic E-state index is 0.0175. The van der Waals surface area contributed by atoms with Gasteiger partial charge in [0, 0.05) is 30.5 Å². The number of hydrogen-bond donors (Lipinski definition) is 3. The molecule has 1 aliphatic rings. The van der Waals surface area contributed by atoms with Gasteiger partial charge in [0.05, 0.1) is 12.6 Å². The molecule has 0 saturated heterocycles. The molecule has 3 aromatic rings. The maximum absolute atomic E-state index is 13.5. The van der Waals surface area contributed by atoms with Gasteiger partial charge in [-0.2, -0.15) is 16.9 Å². The second-order valence-electron chi connectivity index (χ2n) is 9.98. The Morgan fingerprint density at radius 3 is 2.60 bits per heavy atom. The van der Waals surface area contributed by atoms with Crippen LogP contribution in [0.2, 0.25) is 0 Å². The highest BCUT2D eigenvalue weighted by molar-refractivity contribution is 7.98. The van der Waals surface area contributed by atoms with Gasteiger partial charge in [-0.15, -0.1) is 11.3 Å². The molecule has 13 heteroatoms. The fraction of sp³-hybridized carbons (Fsp3) is 0.481. The van der Waals surface area contributed by atoms with Gasteiger partial charge in [0.2, 0.25) is 11.8 Å². The first-order valence-electron chi connectivity index (χ1n) is 13.4. The first kappa shape index (κ1) is 29.5. The molecule has 0 radical (unpaired) electrons. The van der Waals surface area contributed by atoms with E-state index in [9.17, 15) is 14.4 Å². The van der Waals surface area contributed by atoms with E-state index in [1.165, 1.54) is 11.3 Å². The van der Waals surface area contributed by atoms with Crippen molar-refractivity contribution in [3.63, 3.8) is 0 Å². The topological polar surface area (TPSA) is 148 Å². The quantitative estimate of drug-likeness (QED) is 0.401. The van der Waals surface area contributed by atoms with Crippen LogP contribution in [0.3, 0.4) is 0 Å². The molecule has 1 aliphatic heterocycles. The maximum Gasteiger partial charge on any atom is 0.273 e. The van der Waals surface area contributed by atoms with Gasteiger partial charge in [0.25, 0.3) is 5.91 Å². The third-order valence-electron chi connectivity index (χ3n) is 6.68. The number of nitrogens with one attached hydrogen (secondary N) is 2. The van der Waals surface area contributed by atoms with Crippen LogP contribution in [0.15, 0.2) is 35.7 Å². The standard InChI is InChI=1S/C27H36N8O3S2/c1-17(2)22-24-32-23(18-8-5-4-6-9-18)33-35(24)14-13-34(26(38)20-16-40-27(28)30-20)12-7-10-21(36)29-19(11-15-39-3)25(37)31-22/h4-6,8-9,16-17,19,22H,7,10-15H2,1-3H3,(H2,28,30)(H,29,36)(H,31,37)/t19-,22+/m0/s1. The van der Waals surface area contributed by atoms with E-state index in [1.54, 1.807) is 26.7 Å². The number of rotatable bonds is 6. The number of nitrogens with two attached hydrogens (primary N) is 1. The lowest BCUT2D eigenvalue weighted by atomic mass is 10.0. The van der Waals surface area contributed by atoms with E-state index in [0.29, 0.717) is 49.3 Å². The minimum Gasteiger partial charge on any atom is -0.375 e. The number of aromatic nitrogens is 4. The van der Waals surface area contributed by atoms with Crippen LogP contribution in [-0.2, 0) is 16.1 Å². The Bertz CT molecular complexity index is 1310. The normalized spacial score (nSPS) is 19.1. The number of amides is 3. The van der Waals surface area contributed by atoms with Crippen LogP contribution in [0.5, 0.6) is 0 Å². The number of nitrogen functional groups attached to an aromatic ring is 1. The van der Waals surface area contributed by atoms with Crippen molar-refractivity contribution in [3.8, 4) is 11.4 Å². The molecule has 2 aromatic heterocycles. The lowest BCUT2D eigenvalue weighted by Gasteiger charge is -2.27. The predicted molar refractivity (Wildman–Crippen MR) is 158 cm³/mol. The summed E-state index contributed by atoms with van der Waals surface area (Å²) in [5.41, 5.74) is 6.92. The monoisotopic (exact) mass is 584 g/mol. The summed E-state index contributed by atoms with van der Waals surface area (Å²) in [6, 6.07) is 8.51. The highest BCUT2D eigenvalue weighted by atomic mass is 32.2. The summed E-state index contributed by atoms with van der Waals surface area (Å²) in [6.07, 6.45) is 3.09. The van der Waals surface area contributed by atoms with Crippen molar-refractivity contribution in [2.45, 2.75) is 51.7 Å². The molecule has 40 heavy (non-hydrogen) atoms. The average Bonchev–Trinajstić information content (AvgIpc) is 3.57. The van der Waals surface area contributed by atoms with Gasteiger partial charge in [-0.3, -0.25) is 14.4 Å². The predicted octanol–water partition coefficient (Wildman–Crippen LogP) is 2.97. The van der Waals surface area contributed by atoms with Crippen LogP contribution in [0.1, 0.15) is 55.5 Å². The van der Waals surface area contributed by atoms with Crippen molar-refractivity contribution in [1.29, 1.82) is 0 Å². The molecule has 0 fully saturated rings. The van der Waals surface area contributed by atoms with Gasteiger partial charge in [-0.05, 0) is 30.8 Å². The molecule has 0 unspecified atom stereocenters. The summed E-state index contributed by atoms with van der Waals surface area (Å²) in [5, 5.41) is 12.8. The number of anilines is 1. The molecule has 4 rings (SSSR count). The van der Waals surface area contributed by atoms with Gasteiger partial charge in [-0.25, -0.2) is 14.6 Å². The number of carbonyl (C=O) groups is 3. The fourth-order valence-electron chi connectivity index (χ4n) is 4.52. The van der Waals surface area contributed by atoms with Crippen LogP contribution in [0.25, 0.3) is 11.4 Å². The minimum atomic E-state index is -0.676. The molecule has 2 atom stereocenters. The summed E-state index contributed by atoms with van der Waals surface area (Å²) in [7, 11) is 0. The van der Waals surface area contributed by atoms with Crippen LogP contribution in [0, 0.1) is 5.92 Å². The molecule has 0 spiro atoms. The number of benzene rings is 1. The van der Waals surface area contributed by atoms with Gasteiger partial charge in [-0.1, -0.05) is 44.2 Å². The van der Waals surface area contributed by atoms with E-state index >= 15 is 0 Å². The molecule has 3 heterocycles. The third-order valence-corrected chi connectivity index (χ3v) is 8.00. The summed E-state index contributed by atoms with van der Waals surface area (Å²) in [5.74, 6) is 1.12. The summed E-state index contributed by atoms with van der Waals surface area (Å²) >= 11 is 2.83. The van der Waals surface area contributed by atoms with Crippen LogP contribution >= 0.6 is 23.1 Å². The highest BCUT2D eigenvalue weighted by Gasteiger charge is 2.30. The Morgan fingerprint density at radius 2 is 1.93 bits per heavy atom. The van der Waals surface area contributed by atoms with Gasteiger partial charge >= 0.3 is 0 Å². The largest absolute Gasteiger partial charge is 0.375 e. The van der Waals surface area contributed by atoms with Crippen LogP contribution in [-0.4, -0.2) is 73.5 Å². The third kappa shape index (κ3) is 7.39. The second kappa shape index (κ2) is 13.8. The maximum atomic E-state index is 13.5. The molecule has 0 saturated carbocycles. The van der Waals surface area contributed by atoms with Crippen LogP contribution < -0.4 is 16.4 Å². The number of hydrogen-bond acceptors (Lipinski definition) is 9. The molecule has 4 N–H and O–H groups in total. The summed E-state index contributed by atoms with van der Waals surface area (Å²) < 4.78 is 1.78. The van der Waals surface area contributed by atoms with Crippen molar-refractivity contribution < 1.29 is 14.4 Å². The number of carbonyl (C=O) groups excluding carboxylic acids is 3. The van der Waals surface area contributed by atoms with Gasteiger partial charge in [0.1, 0.15) is 11.7 Å². The zero-order valence-electron chi connectivity index (χ0n) is 23.0. The lowest BCUT2D eigenvalue weighted by molar-refractivity contribution is -0.129. The Morgan fingerprint density at radius 1 is 1.15 bits per heavy atom. The highest BCUT2D eigenvalue weighted by Crippen LogP contribution is 2.25. The van der Waals surface area contributed by atoms with Gasteiger partial charge < -0.3 is 21.3 Å². The SMILES string of the molecule is CSCC[C@@H]1NC(=O)CCCN(C(=O)c2csc(N)n2)CCn2nc(-c3ccccc3)nc2[C@@H](C(C)C)NC1=O. The van der Waals surface area contributed by atoms with Crippen molar-refractivity contribution in [3.05, 3.63) is 47.2 Å². The average molecular weight is 585 g/mol. The molecular formula is C27H36N8O3S2. The molecule has 0 aliphatic carbocycles. The van der Waals surface area contributed by atoms with Crippen molar-refractivity contribution in [2.24, 2.45) is 5.92 Å². The fourth-order valence-corrected chi connectivity index (χ4v) is 5.53. The van der Waals surface area contributed by atoms with E-state index in [-0.39, 0.29) is 35.8 Å². The summed E-state index contributed by atoms with van der Waals surface area (Å²) in [4.78, 5) is 50.4. The molecule has 214 valence electrons. The first-order chi connectivity index (χ1) is 19.3. The number of fused-ring (bicyclic) bond motifs is 1. The molecule has 0 bridgehead atoms. The summed E-state index contributed by atoms with van der Waals surface area (Å²) in [6.45, 7) is 5.02. The number of nitrogens with zero attached hydrogens (tertiary/aromatic N) is 5. The Hall–Kier alpha value is -3.45. The van der Waals surface area contributed by atoms with E-state index in [2.05, 4.69) is 15.6 Å². The second-order valence-corrected chi connectivity index (χ2v) is 11.9. The number of thiazole rings is 1. The molecular weight excluding hydrogens is 548 g/mol. The molecule has 11 nitrogen and oxygen atoms in total. The number of thioether (sulfide) groups is 1. The van der Waals surface area contributed by atoms with E-state index in [4.69, 9.17) is 15.8 Å². The zero-order valence-corrected chi connectivity index (χ0v) is 24.6. The van der Waals surface area contributed by atoms with Crippen molar-refractivity contribution in [1.82, 2.24) is 35.3 Å². The van der Waals surface area contributed by atoms with E-state index < -0.39 is 12.1 Å². The van der Waals surface area contributed by atoms with Crippen LogP contribution in [0.4, 0.5) is 5.13 Å². The lowest BCUT2D eigenvalue weighted by Crippen LogP contribution is -2.49. The van der Waals surface area contributed by atoms with Crippen molar-refractivity contribution >= 4 is 46.0 Å². The first-order valence-corrected chi connectivity index (χ1v) is 15.6. The zero-order chi connectivity index (χ0) is 28.6. The van der Waals surface area contributed by atoms with Gasteiger partial charge in [0.15, 0.2) is 16.8 Å². The van der Waals surface area contributed by atoms with Crippen molar-refractivity contribution in [2.75, 3.05) is 30.8 Å². The Labute approximate surface area is 242 Å². The van der Waals surface area contributed by atoms with E-state index in [0.717, 1.165) is 11.3 Å². The Balaban J connectivity index is 1.72. The van der Waals surface area contributed by atoms with E-state index in [1.807, 2.05) is 50.4 Å². The molecule has 3 amide bonds. The molecule has 1 aromatic carbocycles. The smallest absolute Gasteiger partial charge is 0.273 e.